The molecule has 0 aliphatic heterocycles. The van der Waals surface area contributed by atoms with E-state index in [1.165, 1.54) is 17.7 Å². The Kier molecular flexibility index (Phi) is 4.26. The lowest BCUT2D eigenvalue weighted by Crippen LogP contribution is -2.11. The van der Waals surface area contributed by atoms with Gasteiger partial charge in [0.1, 0.15) is 5.82 Å². The molecule has 0 heterocycles. The summed E-state index contributed by atoms with van der Waals surface area (Å²) >= 11 is 0. The van der Waals surface area contributed by atoms with Gasteiger partial charge in [-0.25, -0.2) is 4.39 Å². The highest BCUT2D eigenvalue weighted by Gasteiger charge is 2.14. The summed E-state index contributed by atoms with van der Waals surface area (Å²) in [7, 11) is 0. The second kappa shape index (κ2) is 5.80. The number of carbonyl (C=O) groups excluding carboxylic acids is 1. The van der Waals surface area contributed by atoms with Crippen LogP contribution in [0, 0.1) is 12.7 Å². The first kappa shape index (κ1) is 15.4. The van der Waals surface area contributed by atoms with Crippen molar-refractivity contribution >= 4 is 5.78 Å². The lowest BCUT2D eigenvalue weighted by Gasteiger charge is -2.19. The molecule has 0 saturated carbocycles. The number of halogens is 1. The molecule has 0 atom stereocenters. The number of hydrogen-bond acceptors (Lipinski definition) is 1. The summed E-state index contributed by atoms with van der Waals surface area (Å²) in [6.07, 6.45) is 0.299. The van der Waals surface area contributed by atoms with E-state index in [4.69, 9.17) is 0 Å². The van der Waals surface area contributed by atoms with Crippen molar-refractivity contribution in [2.75, 3.05) is 0 Å². The van der Waals surface area contributed by atoms with Crippen LogP contribution in [0.3, 0.4) is 0 Å². The van der Waals surface area contributed by atoms with Crippen molar-refractivity contribution in [2.24, 2.45) is 0 Å². The molecule has 2 aromatic rings. The van der Waals surface area contributed by atoms with E-state index < -0.39 is 0 Å². The minimum absolute atomic E-state index is 0.0545. The van der Waals surface area contributed by atoms with Gasteiger partial charge in [0, 0.05) is 12.0 Å². The topological polar surface area (TPSA) is 17.1 Å². The predicted octanol–water partition coefficient (Wildman–Crippen LogP) is 4.86. The molecule has 0 spiro atoms. The number of Topliss-reactive ketones (excluding diaryl/α,β-unsaturated/α-hetero) is 1. The van der Waals surface area contributed by atoms with Crippen LogP contribution in [0.5, 0.6) is 0 Å². The Morgan fingerprint density at radius 3 is 2.19 bits per heavy atom. The van der Waals surface area contributed by atoms with Crippen molar-refractivity contribution < 1.29 is 9.18 Å². The van der Waals surface area contributed by atoms with Gasteiger partial charge in [0.05, 0.1) is 0 Å². The summed E-state index contributed by atoms with van der Waals surface area (Å²) in [5.74, 6) is -0.414. The summed E-state index contributed by atoms with van der Waals surface area (Å²) in [5, 5.41) is 0. The van der Waals surface area contributed by atoms with Gasteiger partial charge in [-0.1, -0.05) is 45.0 Å². The van der Waals surface area contributed by atoms with Crippen LogP contribution in [0.2, 0.25) is 0 Å². The third kappa shape index (κ3) is 4.01. The maximum atomic E-state index is 13.4. The highest BCUT2D eigenvalue weighted by molar-refractivity contribution is 5.97. The quantitative estimate of drug-likeness (QED) is 0.736. The standard InChI is InChI=1S/C19H21FO/c1-13-9-15(12-17(20)10-13)18(21)11-14-5-7-16(8-6-14)19(2,3)4/h5-10,12H,11H2,1-4H3. The molecule has 2 aromatic carbocycles. The first-order valence-electron chi connectivity index (χ1n) is 7.15. The van der Waals surface area contributed by atoms with Crippen LogP contribution in [0.15, 0.2) is 42.5 Å². The van der Waals surface area contributed by atoms with E-state index in [-0.39, 0.29) is 17.0 Å². The first-order valence-corrected chi connectivity index (χ1v) is 7.15. The minimum atomic E-state index is -0.360. The number of benzene rings is 2. The van der Waals surface area contributed by atoms with Crippen LogP contribution in [0.25, 0.3) is 0 Å². The number of hydrogen-bond donors (Lipinski definition) is 0. The molecule has 0 radical (unpaired) electrons. The van der Waals surface area contributed by atoms with Crippen molar-refractivity contribution in [3.05, 3.63) is 70.5 Å². The molecule has 1 nitrogen and oxygen atoms in total. The highest BCUT2D eigenvalue weighted by Crippen LogP contribution is 2.22. The van der Waals surface area contributed by atoms with Gasteiger partial charge in [-0.2, -0.15) is 0 Å². The zero-order valence-corrected chi connectivity index (χ0v) is 13.0. The molecule has 0 aromatic heterocycles. The van der Waals surface area contributed by atoms with E-state index in [9.17, 15) is 9.18 Å². The number of ketones is 1. The molecule has 0 saturated heterocycles. The van der Waals surface area contributed by atoms with Gasteiger partial charge in [-0.15, -0.1) is 0 Å². The van der Waals surface area contributed by atoms with Crippen LogP contribution in [-0.4, -0.2) is 5.78 Å². The second-order valence-electron chi connectivity index (χ2n) is 6.56. The van der Waals surface area contributed by atoms with Gasteiger partial charge in [0.25, 0.3) is 0 Å². The van der Waals surface area contributed by atoms with Crippen LogP contribution >= 0.6 is 0 Å². The highest BCUT2D eigenvalue weighted by atomic mass is 19.1. The largest absolute Gasteiger partial charge is 0.294 e. The van der Waals surface area contributed by atoms with E-state index >= 15 is 0 Å². The summed E-state index contributed by atoms with van der Waals surface area (Å²) in [6.45, 7) is 8.26. The van der Waals surface area contributed by atoms with Gasteiger partial charge < -0.3 is 0 Å². The maximum absolute atomic E-state index is 13.4. The Labute approximate surface area is 125 Å². The van der Waals surface area contributed by atoms with Gasteiger partial charge in [0.2, 0.25) is 0 Å². The molecule has 0 unspecified atom stereocenters. The molecule has 21 heavy (non-hydrogen) atoms. The summed E-state index contributed by atoms with van der Waals surface area (Å²) in [5.41, 5.74) is 3.49. The SMILES string of the molecule is Cc1cc(F)cc(C(=O)Cc2ccc(C(C)(C)C)cc2)c1. The fraction of sp³-hybridized carbons (Fsp3) is 0.316. The molecule has 0 aliphatic rings. The zero-order chi connectivity index (χ0) is 15.6. The average molecular weight is 284 g/mol. The van der Waals surface area contributed by atoms with Gasteiger partial charge in [-0.05, 0) is 47.2 Å². The number of carbonyl (C=O) groups is 1. The van der Waals surface area contributed by atoms with Gasteiger partial charge >= 0.3 is 0 Å². The summed E-state index contributed by atoms with van der Waals surface area (Å²) < 4.78 is 13.4. The Hall–Kier alpha value is -1.96. The van der Waals surface area contributed by atoms with E-state index in [1.807, 2.05) is 12.1 Å². The van der Waals surface area contributed by atoms with E-state index in [2.05, 4.69) is 32.9 Å². The fourth-order valence-corrected chi connectivity index (χ4v) is 2.31. The molecule has 0 aliphatic carbocycles. The van der Waals surface area contributed by atoms with Crippen molar-refractivity contribution in [3.8, 4) is 0 Å². The molecule has 110 valence electrons. The lowest BCUT2D eigenvalue weighted by molar-refractivity contribution is 0.0992. The van der Waals surface area contributed by atoms with Crippen molar-refractivity contribution in [2.45, 2.75) is 39.5 Å². The van der Waals surface area contributed by atoms with E-state index in [0.717, 1.165) is 11.1 Å². The number of aryl methyl sites for hydroxylation is 1. The first-order chi connectivity index (χ1) is 9.75. The van der Waals surface area contributed by atoms with Gasteiger partial charge in [0.15, 0.2) is 5.78 Å². The normalized spacial score (nSPS) is 11.5. The monoisotopic (exact) mass is 284 g/mol. The predicted molar refractivity (Wildman–Crippen MR) is 84.3 cm³/mol. The van der Waals surface area contributed by atoms with Crippen LogP contribution in [0.1, 0.15) is 47.8 Å². The zero-order valence-electron chi connectivity index (χ0n) is 13.0. The average Bonchev–Trinajstić information content (AvgIpc) is 2.37. The molecule has 0 bridgehead atoms. The minimum Gasteiger partial charge on any atom is -0.294 e. The molecular weight excluding hydrogens is 263 g/mol. The third-order valence-electron chi connectivity index (χ3n) is 3.55. The molecule has 0 N–H and O–H groups in total. The Bertz CT molecular complexity index is 628. The Morgan fingerprint density at radius 1 is 1.05 bits per heavy atom. The maximum Gasteiger partial charge on any atom is 0.167 e. The molecule has 2 heteroatoms. The smallest absolute Gasteiger partial charge is 0.167 e. The van der Waals surface area contributed by atoms with Crippen molar-refractivity contribution in [3.63, 3.8) is 0 Å². The Balaban J connectivity index is 2.16. The molecule has 0 amide bonds. The fourth-order valence-electron chi connectivity index (χ4n) is 2.31. The summed E-state index contributed by atoms with van der Waals surface area (Å²) in [4.78, 5) is 12.2. The molecular formula is C19H21FO. The summed E-state index contributed by atoms with van der Waals surface area (Å²) in [6, 6.07) is 12.5. The van der Waals surface area contributed by atoms with Crippen LogP contribution in [0.4, 0.5) is 4.39 Å². The van der Waals surface area contributed by atoms with Gasteiger partial charge in [-0.3, -0.25) is 4.79 Å². The lowest BCUT2D eigenvalue weighted by atomic mass is 9.86. The number of rotatable bonds is 3. The van der Waals surface area contributed by atoms with Crippen LogP contribution in [-0.2, 0) is 11.8 Å². The van der Waals surface area contributed by atoms with Crippen LogP contribution < -0.4 is 0 Å². The third-order valence-corrected chi connectivity index (χ3v) is 3.55. The molecule has 2 rings (SSSR count). The van der Waals surface area contributed by atoms with Crippen molar-refractivity contribution in [1.82, 2.24) is 0 Å². The second-order valence-corrected chi connectivity index (χ2v) is 6.56. The van der Waals surface area contributed by atoms with E-state index in [0.29, 0.717) is 12.0 Å². The van der Waals surface area contributed by atoms with E-state index in [1.54, 1.807) is 13.0 Å². The Morgan fingerprint density at radius 2 is 1.67 bits per heavy atom. The van der Waals surface area contributed by atoms with Crippen molar-refractivity contribution in [1.29, 1.82) is 0 Å². The molecule has 0 fully saturated rings.